The summed E-state index contributed by atoms with van der Waals surface area (Å²) in [4.78, 5) is 15.1. The largest absolute Gasteiger partial charge is 0.321 e. The SMILES string of the molecule is Cc1cc(C)c2[nH]c(=O)c(CNS(=O)(=O)Cc3ccccc3Cl)cc2c1. The first kappa shape index (κ1) is 18.6. The van der Waals surface area contributed by atoms with Gasteiger partial charge in [0.15, 0.2) is 0 Å². The molecule has 0 saturated carbocycles. The number of aromatic amines is 1. The molecule has 0 atom stereocenters. The topological polar surface area (TPSA) is 79.0 Å². The van der Waals surface area contributed by atoms with Crippen molar-refractivity contribution in [3.05, 3.63) is 80.1 Å². The highest BCUT2D eigenvalue weighted by Gasteiger charge is 2.15. The van der Waals surface area contributed by atoms with Gasteiger partial charge in [0.1, 0.15) is 0 Å². The van der Waals surface area contributed by atoms with Gasteiger partial charge in [0.05, 0.1) is 11.3 Å². The summed E-state index contributed by atoms with van der Waals surface area (Å²) >= 11 is 6.02. The van der Waals surface area contributed by atoms with E-state index in [9.17, 15) is 13.2 Å². The van der Waals surface area contributed by atoms with E-state index >= 15 is 0 Å². The Morgan fingerprint density at radius 1 is 1.08 bits per heavy atom. The standard InChI is InChI=1S/C19H19ClN2O3S/c1-12-7-13(2)18-15(8-12)9-16(19(23)22-18)10-21-26(24,25)11-14-5-3-4-6-17(14)20/h3-9,21H,10-11H2,1-2H3,(H,22,23). The van der Waals surface area contributed by atoms with E-state index < -0.39 is 10.0 Å². The van der Waals surface area contributed by atoms with Gasteiger partial charge < -0.3 is 4.98 Å². The molecule has 26 heavy (non-hydrogen) atoms. The number of fused-ring (bicyclic) bond motifs is 1. The predicted molar refractivity (Wildman–Crippen MR) is 105 cm³/mol. The minimum Gasteiger partial charge on any atom is -0.321 e. The fourth-order valence-corrected chi connectivity index (χ4v) is 4.34. The molecule has 0 bridgehead atoms. The summed E-state index contributed by atoms with van der Waals surface area (Å²) in [5.41, 5.74) is 3.40. The maximum Gasteiger partial charge on any atom is 0.252 e. The molecule has 0 saturated heterocycles. The van der Waals surface area contributed by atoms with Crippen LogP contribution >= 0.6 is 11.6 Å². The van der Waals surface area contributed by atoms with Crippen LogP contribution in [0.15, 0.2) is 47.3 Å². The molecule has 0 radical (unpaired) electrons. The van der Waals surface area contributed by atoms with E-state index in [2.05, 4.69) is 9.71 Å². The number of hydrogen-bond acceptors (Lipinski definition) is 3. The summed E-state index contributed by atoms with van der Waals surface area (Å²) in [6, 6.07) is 12.5. The van der Waals surface area contributed by atoms with Crippen LogP contribution in [-0.4, -0.2) is 13.4 Å². The Hall–Kier alpha value is -2.15. The van der Waals surface area contributed by atoms with Gasteiger partial charge in [0.25, 0.3) is 5.56 Å². The molecule has 2 aromatic carbocycles. The molecule has 0 spiro atoms. The quantitative estimate of drug-likeness (QED) is 0.700. The average Bonchev–Trinajstić information content (AvgIpc) is 2.56. The zero-order chi connectivity index (χ0) is 18.9. The normalized spacial score (nSPS) is 11.8. The van der Waals surface area contributed by atoms with Crippen LogP contribution < -0.4 is 10.3 Å². The predicted octanol–water partition coefficient (Wildman–Crippen LogP) is 3.42. The molecule has 0 fully saturated rings. The number of aryl methyl sites for hydroxylation is 2. The first-order chi connectivity index (χ1) is 12.2. The highest BCUT2D eigenvalue weighted by Crippen LogP contribution is 2.19. The molecule has 0 aliphatic rings. The second-order valence-electron chi connectivity index (χ2n) is 6.34. The number of nitrogens with one attached hydrogen (secondary N) is 2. The lowest BCUT2D eigenvalue weighted by molar-refractivity contribution is 0.580. The Morgan fingerprint density at radius 3 is 2.54 bits per heavy atom. The van der Waals surface area contributed by atoms with Crippen LogP contribution in [0.25, 0.3) is 10.9 Å². The van der Waals surface area contributed by atoms with Crippen LogP contribution in [0.3, 0.4) is 0 Å². The highest BCUT2D eigenvalue weighted by atomic mass is 35.5. The van der Waals surface area contributed by atoms with Crippen molar-refractivity contribution in [2.75, 3.05) is 0 Å². The molecular formula is C19H19ClN2O3S. The average molecular weight is 391 g/mol. The van der Waals surface area contributed by atoms with Gasteiger partial charge in [0, 0.05) is 17.1 Å². The minimum absolute atomic E-state index is 0.0783. The molecule has 7 heteroatoms. The fourth-order valence-electron chi connectivity index (χ4n) is 2.92. The zero-order valence-electron chi connectivity index (χ0n) is 14.5. The number of aromatic nitrogens is 1. The van der Waals surface area contributed by atoms with E-state index in [1.54, 1.807) is 30.3 Å². The molecule has 0 amide bonds. The summed E-state index contributed by atoms with van der Waals surface area (Å²) < 4.78 is 27.1. The molecule has 5 nitrogen and oxygen atoms in total. The van der Waals surface area contributed by atoms with Crippen LogP contribution in [0.2, 0.25) is 5.02 Å². The van der Waals surface area contributed by atoms with Crippen molar-refractivity contribution >= 4 is 32.5 Å². The molecule has 1 aromatic heterocycles. The zero-order valence-corrected chi connectivity index (χ0v) is 16.0. The van der Waals surface area contributed by atoms with Crippen LogP contribution in [0, 0.1) is 13.8 Å². The van der Waals surface area contributed by atoms with Gasteiger partial charge in [-0.15, -0.1) is 0 Å². The summed E-state index contributed by atoms with van der Waals surface area (Å²) in [5.74, 6) is -0.240. The number of pyridine rings is 1. The molecular weight excluding hydrogens is 372 g/mol. The maximum atomic E-state index is 12.3. The Bertz CT molecular complexity index is 1140. The van der Waals surface area contributed by atoms with Crippen molar-refractivity contribution in [2.45, 2.75) is 26.1 Å². The number of halogens is 1. The molecule has 0 aliphatic heterocycles. The van der Waals surface area contributed by atoms with Crippen molar-refractivity contribution in [3.63, 3.8) is 0 Å². The van der Waals surface area contributed by atoms with E-state index in [0.717, 1.165) is 22.0 Å². The van der Waals surface area contributed by atoms with Gasteiger partial charge in [-0.05, 0) is 48.6 Å². The first-order valence-corrected chi connectivity index (χ1v) is 10.1. The Labute approximate surface area is 157 Å². The van der Waals surface area contributed by atoms with E-state index in [0.29, 0.717) is 16.1 Å². The van der Waals surface area contributed by atoms with E-state index in [1.165, 1.54) is 0 Å². The number of hydrogen-bond donors (Lipinski definition) is 2. The van der Waals surface area contributed by atoms with E-state index in [4.69, 9.17) is 11.6 Å². The van der Waals surface area contributed by atoms with Crippen LogP contribution in [-0.2, 0) is 22.3 Å². The summed E-state index contributed by atoms with van der Waals surface area (Å²) in [5, 5.41) is 1.27. The van der Waals surface area contributed by atoms with Crippen molar-refractivity contribution in [1.29, 1.82) is 0 Å². The third kappa shape index (κ3) is 4.15. The number of benzene rings is 2. The maximum absolute atomic E-state index is 12.3. The molecule has 1 heterocycles. The first-order valence-electron chi connectivity index (χ1n) is 8.09. The lowest BCUT2D eigenvalue weighted by Crippen LogP contribution is -2.28. The van der Waals surface area contributed by atoms with Crippen LogP contribution in [0.1, 0.15) is 22.3 Å². The van der Waals surface area contributed by atoms with Gasteiger partial charge in [-0.3, -0.25) is 4.79 Å². The lowest BCUT2D eigenvalue weighted by atomic mass is 10.1. The number of H-pyrrole nitrogens is 1. The summed E-state index contributed by atoms with van der Waals surface area (Å²) in [6.45, 7) is 3.83. The second kappa shape index (κ2) is 7.23. The third-order valence-corrected chi connectivity index (χ3v) is 5.80. The summed E-state index contributed by atoms with van der Waals surface area (Å²) in [6.07, 6.45) is 0. The molecule has 3 aromatic rings. The van der Waals surface area contributed by atoms with E-state index in [1.807, 2.05) is 26.0 Å². The fraction of sp³-hybridized carbons (Fsp3) is 0.211. The van der Waals surface area contributed by atoms with Gasteiger partial charge in [0.2, 0.25) is 10.0 Å². The summed E-state index contributed by atoms with van der Waals surface area (Å²) in [7, 11) is -3.63. The third-order valence-electron chi connectivity index (χ3n) is 4.16. The lowest BCUT2D eigenvalue weighted by Gasteiger charge is -2.10. The van der Waals surface area contributed by atoms with Crippen molar-refractivity contribution in [3.8, 4) is 0 Å². The van der Waals surface area contributed by atoms with Gasteiger partial charge >= 0.3 is 0 Å². The number of rotatable bonds is 5. The van der Waals surface area contributed by atoms with Crippen molar-refractivity contribution in [1.82, 2.24) is 9.71 Å². The van der Waals surface area contributed by atoms with Crippen LogP contribution in [0.5, 0.6) is 0 Å². The monoisotopic (exact) mass is 390 g/mol. The van der Waals surface area contributed by atoms with Gasteiger partial charge in [-0.1, -0.05) is 41.4 Å². The molecule has 0 unspecified atom stereocenters. The van der Waals surface area contributed by atoms with Crippen molar-refractivity contribution in [2.24, 2.45) is 0 Å². The second-order valence-corrected chi connectivity index (χ2v) is 8.56. The van der Waals surface area contributed by atoms with Gasteiger partial charge in [-0.2, -0.15) is 0 Å². The van der Waals surface area contributed by atoms with Gasteiger partial charge in [-0.25, -0.2) is 13.1 Å². The van der Waals surface area contributed by atoms with Crippen LogP contribution in [0.4, 0.5) is 0 Å². The Balaban J connectivity index is 1.84. The molecule has 136 valence electrons. The minimum atomic E-state index is -3.63. The Kier molecular flexibility index (Phi) is 5.18. The molecule has 2 N–H and O–H groups in total. The van der Waals surface area contributed by atoms with E-state index in [-0.39, 0.29) is 17.9 Å². The van der Waals surface area contributed by atoms with Crippen molar-refractivity contribution < 1.29 is 8.42 Å². The number of sulfonamides is 1. The Morgan fingerprint density at radius 2 is 1.81 bits per heavy atom. The smallest absolute Gasteiger partial charge is 0.252 e. The molecule has 0 aliphatic carbocycles. The molecule has 3 rings (SSSR count). The highest BCUT2D eigenvalue weighted by molar-refractivity contribution is 7.88.